The van der Waals surface area contributed by atoms with Gasteiger partial charge in [-0.1, -0.05) is 13.8 Å². The molecule has 2 aromatic rings. The van der Waals surface area contributed by atoms with Gasteiger partial charge in [-0.25, -0.2) is 14.8 Å². The Bertz CT molecular complexity index is 595. The summed E-state index contributed by atoms with van der Waals surface area (Å²) in [5, 5.41) is 7.11. The third-order valence-corrected chi connectivity index (χ3v) is 4.04. The highest BCUT2D eigenvalue weighted by atomic mass is 32.1. The number of carbonyl (C=O) groups is 1. The van der Waals surface area contributed by atoms with E-state index in [0.29, 0.717) is 40.5 Å². The first-order valence-corrected chi connectivity index (χ1v) is 7.97. The number of hydrogen-bond donors (Lipinski definition) is 1. The molecule has 0 bridgehead atoms. The highest BCUT2D eigenvalue weighted by molar-refractivity contribution is 7.16. The van der Waals surface area contributed by atoms with E-state index in [4.69, 9.17) is 9.47 Å². The van der Waals surface area contributed by atoms with Crippen LogP contribution in [0.1, 0.15) is 35.6 Å². The molecule has 0 saturated carbocycles. The second kappa shape index (κ2) is 8.00. The minimum Gasteiger partial charge on any atom is -0.459 e. The molecule has 2 aromatic heterocycles. The predicted molar refractivity (Wildman–Crippen MR) is 82.8 cm³/mol. The highest BCUT2D eigenvalue weighted by Gasteiger charge is 2.18. The number of aryl methyl sites for hydroxylation is 1. The Morgan fingerprint density at radius 1 is 1.36 bits per heavy atom. The lowest BCUT2D eigenvalue weighted by molar-refractivity contribution is 0.0307. The van der Waals surface area contributed by atoms with Gasteiger partial charge in [0.1, 0.15) is 17.8 Å². The van der Waals surface area contributed by atoms with Crippen LogP contribution in [-0.2, 0) is 9.47 Å². The average Bonchev–Trinajstić information content (AvgIpc) is 3.11. The first kappa shape index (κ1) is 16.6. The van der Waals surface area contributed by atoms with Crippen molar-refractivity contribution in [1.82, 2.24) is 20.2 Å². The molecule has 0 spiro atoms. The molecular formula is C14H20N4O3S. The van der Waals surface area contributed by atoms with E-state index >= 15 is 0 Å². The second-order valence-electron chi connectivity index (χ2n) is 5.20. The average molecular weight is 324 g/mol. The van der Waals surface area contributed by atoms with E-state index in [1.54, 1.807) is 6.92 Å². The molecule has 8 heteroatoms. The molecule has 2 rings (SSSR count). The van der Waals surface area contributed by atoms with Gasteiger partial charge >= 0.3 is 5.97 Å². The molecule has 0 aliphatic carbocycles. The van der Waals surface area contributed by atoms with Gasteiger partial charge in [0.2, 0.25) is 0 Å². The van der Waals surface area contributed by atoms with E-state index in [1.807, 2.05) is 0 Å². The van der Waals surface area contributed by atoms with Gasteiger partial charge in [-0.2, -0.15) is 5.10 Å². The SMILES string of the molecule is Cc1nc(-c2ncn[nH]2)sc1C(=O)OCCOCCC(C)C. The van der Waals surface area contributed by atoms with E-state index < -0.39 is 0 Å². The quantitative estimate of drug-likeness (QED) is 0.592. The van der Waals surface area contributed by atoms with Crippen LogP contribution >= 0.6 is 11.3 Å². The number of aromatic nitrogens is 4. The van der Waals surface area contributed by atoms with Crippen LogP contribution in [0, 0.1) is 12.8 Å². The van der Waals surface area contributed by atoms with Gasteiger partial charge in [-0.15, -0.1) is 11.3 Å². The molecule has 120 valence electrons. The summed E-state index contributed by atoms with van der Waals surface area (Å²) >= 11 is 1.24. The van der Waals surface area contributed by atoms with E-state index in [9.17, 15) is 4.79 Å². The van der Waals surface area contributed by atoms with Gasteiger partial charge in [-0.05, 0) is 19.3 Å². The first-order valence-electron chi connectivity index (χ1n) is 7.16. The summed E-state index contributed by atoms with van der Waals surface area (Å²) in [6.45, 7) is 7.39. The van der Waals surface area contributed by atoms with Crippen LogP contribution in [-0.4, -0.2) is 46.0 Å². The fraction of sp³-hybridized carbons (Fsp3) is 0.571. The number of nitrogens with zero attached hydrogens (tertiary/aromatic N) is 3. The second-order valence-corrected chi connectivity index (χ2v) is 6.20. The summed E-state index contributed by atoms with van der Waals surface area (Å²) in [6, 6.07) is 0. The number of hydrogen-bond acceptors (Lipinski definition) is 7. The number of esters is 1. The molecule has 0 unspecified atom stereocenters. The number of ether oxygens (including phenoxy) is 2. The Hall–Kier alpha value is -1.80. The van der Waals surface area contributed by atoms with Gasteiger partial charge in [0, 0.05) is 6.61 Å². The zero-order valence-corrected chi connectivity index (χ0v) is 13.8. The maximum Gasteiger partial charge on any atom is 0.350 e. The van der Waals surface area contributed by atoms with Crippen LogP contribution in [0.15, 0.2) is 6.33 Å². The summed E-state index contributed by atoms with van der Waals surface area (Å²) < 4.78 is 10.6. The Kier molecular flexibility index (Phi) is 6.02. The molecule has 7 nitrogen and oxygen atoms in total. The van der Waals surface area contributed by atoms with Crippen LogP contribution in [0.2, 0.25) is 0 Å². The van der Waals surface area contributed by atoms with Crippen molar-refractivity contribution in [2.24, 2.45) is 5.92 Å². The van der Waals surface area contributed by atoms with Crippen molar-refractivity contribution in [3.8, 4) is 10.8 Å². The highest BCUT2D eigenvalue weighted by Crippen LogP contribution is 2.25. The minimum atomic E-state index is -0.381. The zero-order valence-electron chi connectivity index (χ0n) is 13.0. The van der Waals surface area contributed by atoms with Gasteiger partial charge in [-0.3, -0.25) is 5.10 Å². The molecule has 0 fully saturated rings. The van der Waals surface area contributed by atoms with Crippen LogP contribution in [0.5, 0.6) is 0 Å². The summed E-state index contributed by atoms with van der Waals surface area (Å²) in [5.74, 6) is 0.772. The molecule has 0 atom stereocenters. The zero-order chi connectivity index (χ0) is 15.9. The number of H-pyrrole nitrogens is 1. The Labute approximate surface area is 133 Å². The number of nitrogens with one attached hydrogen (secondary N) is 1. The fourth-order valence-electron chi connectivity index (χ4n) is 1.68. The predicted octanol–water partition coefficient (Wildman–Crippen LogP) is 2.46. The smallest absolute Gasteiger partial charge is 0.350 e. The molecule has 0 aliphatic rings. The van der Waals surface area contributed by atoms with E-state index in [-0.39, 0.29) is 12.6 Å². The first-order chi connectivity index (χ1) is 10.6. The molecule has 0 amide bonds. The van der Waals surface area contributed by atoms with Crippen molar-refractivity contribution in [1.29, 1.82) is 0 Å². The molecule has 0 radical (unpaired) electrons. The fourth-order valence-corrected chi connectivity index (χ4v) is 2.58. The summed E-state index contributed by atoms with van der Waals surface area (Å²) in [5.41, 5.74) is 0.627. The van der Waals surface area contributed by atoms with Crippen molar-refractivity contribution in [3.63, 3.8) is 0 Å². The maximum absolute atomic E-state index is 12.0. The Balaban J connectivity index is 1.80. The monoisotopic (exact) mass is 324 g/mol. The molecule has 0 aromatic carbocycles. The largest absolute Gasteiger partial charge is 0.459 e. The van der Waals surface area contributed by atoms with Crippen LogP contribution in [0.3, 0.4) is 0 Å². The Morgan fingerprint density at radius 2 is 2.18 bits per heavy atom. The normalized spacial score (nSPS) is 11.1. The van der Waals surface area contributed by atoms with Gasteiger partial charge in [0.15, 0.2) is 10.8 Å². The molecule has 1 N–H and O–H groups in total. The molecule has 0 saturated heterocycles. The maximum atomic E-state index is 12.0. The van der Waals surface area contributed by atoms with Crippen LogP contribution < -0.4 is 0 Å². The molecule has 2 heterocycles. The topological polar surface area (TPSA) is 90.0 Å². The number of carbonyl (C=O) groups excluding carboxylic acids is 1. The van der Waals surface area contributed by atoms with E-state index in [0.717, 1.165) is 6.42 Å². The standard InChI is InChI=1S/C14H20N4O3S/c1-9(2)4-5-20-6-7-21-14(19)11-10(3)17-13(22-11)12-15-8-16-18-12/h8-9H,4-7H2,1-3H3,(H,15,16,18). The number of thiazole rings is 1. The third-order valence-electron chi connectivity index (χ3n) is 2.90. The van der Waals surface area contributed by atoms with Crippen molar-refractivity contribution in [2.45, 2.75) is 27.2 Å². The van der Waals surface area contributed by atoms with E-state index in [1.165, 1.54) is 17.7 Å². The third kappa shape index (κ3) is 4.60. The van der Waals surface area contributed by atoms with Crippen molar-refractivity contribution in [3.05, 3.63) is 16.9 Å². The van der Waals surface area contributed by atoms with Gasteiger partial charge < -0.3 is 9.47 Å². The number of aromatic amines is 1. The molecular weight excluding hydrogens is 304 g/mol. The Morgan fingerprint density at radius 3 is 2.86 bits per heavy atom. The van der Waals surface area contributed by atoms with Gasteiger partial charge in [0.05, 0.1) is 12.3 Å². The lowest BCUT2D eigenvalue weighted by atomic mass is 10.1. The van der Waals surface area contributed by atoms with Crippen LogP contribution in [0.4, 0.5) is 0 Å². The lowest BCUT2D eigenvalue weighted by Crippen LogP contribution is -2.11. The summed E-state index contributed by atoms with van der Waals surface area (Å²) in [6.07, 6.45) is 2.40. The van der Waals surface area contributed by atoms with Crippen molar-refractivity contribution in [2.75, 3.05) is 19.8 Å². The summed E-state index contributed by atoms with van der Waals surface area (Å²) in [4.78, 5) is 20.8. The van der Waals surface area contributed by atoms with E-state index in [2.05, 4.69) is 34.0 Å². The number of rotatable bonds is 8. The van der Waals surface area contributed by atoms with Crippen LogP contribution in [0.25, 0.3) is 10.8 Å². The molecule has 0 aliphatic heterocycles. The van der Waals surface area contributed by atoms with Crippen molar-refractivity contribution >= 4 is 17.3 Å². The minimum absolute atomic E-state index is 0.242. The lowest BCUT2D eigenvalue weighted by Gasteiger charge is -2.07. The summed E-state index contributed by atoms with van der Waals surface area (Å²) in [7, 11) is 0. The molecule has 22 heavy (non-hydrogen) atoms. The van der Waals surface area contributed by atoms with Gasteiger partial charge in [0.25, 0.3) is 0 Å². The van der Waals surface area contributed by atoms with Crippen molar-refractivity contribution < 1.29 is 14.3 Å².